The molecule has 0 fully saturated rings. The Morgan fingerprint density at radius 1 is 1.12 bits per heavy atom. The molecule has 0 aliphatic carbocycles. The molecule has 0 saturated heterocycles. The van der Waals surface area contributed by atoms with Gasteiger partial charge in [0, 0.05) is 6.07 Å². The molecule has 3 heteroatoms. The minimum Gasteiger partial charge on any atom is -0.493 e. The molecule has 1 aromatic rings. The van der Waals surface area contributed by atoms with E-state index in [1.807, 2.05) is 20.1 Å². The monoisotopic (exact) mass is 221 g/mol. The van der Waals surface area contributed by atoms with Crippen LogP contribution in [0.25, 0.3) is 0 Å². The van der Waals surface area contributed by atoms with E-state index in [9.17, 15) is 4.79 Å². The third kappa shape index (κ3) is 3.57. The molecule has 0 bridgehead atoms. The molecule has 0 spiro atoms. The molecule has 0 amide bonds. The fraction of sp³-hybridized carbons (Fsp3) is 0.462. The van der Waals surface area contributed by atoms with Gasteiger partial charge in [-0.15, -0.1) is 0 Å². The largest absolute Gasteiger partial charge is 0.493 e. The molecule has 1 rings (SSSR count). The summed E-state index contributed by atoms with van der Waals surface area (Å²) in [5.41, 5.74) is 0.442. The third-order valence-corrected chi connectivity index (χ3v) is 2.00. The third-order valence-electron chi connectivity index (χ3n) is 2.00. The first-order valence-corrected chi connectivity index (χ1v) is 5.59. The lowest BCUT2D eigenvalue weighted by molar-refractivity contribution is 0.301. The first kappa shape index (κ1) is 12.6. The van der Waals surface area contributed by atoms with Gasteiger partial charge in [-0.3, -0.25) is 4.79 Å². The van der Waals surface area contributed by atoms with Crippen molar-refractivity contribution in [2.75, 3.05) is 13.2 Å². The van der Waals surface area contributed by atoms with Gasteiger partial charge in [-0.2, -0.15) is 0 Å². The van der Waals surface area contributed by atoms with Crippen LogP contribution < -0.4 is 9.47 Å². The number of hydrogen-bond acceptors (Lipinski definition) is 3. The summed E-state index contributed by atoms with van der Waals surface area (Å²) in [4.78, 5) is 10.7. The molecule has 87 valence electrons. The average molecular weight is 221 g/mol. The molecule has 0 atom stereocenters. The van der Waals surface area contributed by atoms with Crippen molar-refractivity contribution in [1.29, 1.82) is 0 Å². The summed E-state index contributed by atoms with van der Waals surface area (Å²) >= 11 is 0. The van der Waals surface area contributed by atoms with E-state index in [1.54, 1.807) is 18.2 Å². The Bertz CT molecular complexity index is 334. The molecule has 3 nitrogen and oxygen atoms in total. The van der Waals surface area contributed by atoms with E-state index < -0.39 is 0 Å². The molecular weight excluding hydrogens is 204 g/mol. The second-order valence-corrected chi connectivity index (χ2v) is 3.46. The fourth-order valence-corrected chi connectivity index (χ4v) is 1.23. The zero-order chi connectivity index (χ0) is 11.8. The number of hydrogen-bond donors (Lipinski definition) is 0. The van der Waals surface area contributed by atoms with Gasteiger partial charge in [-0.1, -0.05) is 13.8 Å². The van der Waals surface area contributed by atoms with Crippen LogP contribution in [0.15, 0.2) is 18.2 Å². The van der Waals surface area contributed by atoms with Gasteiger partial charge in [0.25, 0.3) is 0 Å². The van der Waals surface area contributed by atoms with E-state index in [0.717, 1.165) is 18.6 Å². The lowest BCUT2D eigenvalue weighted by Crippen LogP contribution is -2.00. The second-order valence-electron chi connectivity index (χ2n) is 3.46. The Hall–Kier alpha value is -1.51. The first-order valence-electron chi connectivity index (χ1n) is 5.59. The molecule has 1 aromatic carbocycles. The van der Waals surface area contributed by atoms with E-state index in [0.29, 0.717) is 24.5 Å². The Kier molecular flexibility index (Phi) is 5.40. The van der Waals surface area contributed by atoms with E-state index >= 15 is 0 Å². The highest BCUT2D eigenvalue weighted by atomic mass is 16.5. The summed E-state index contributed by atoms with van der Waals surface area (Å²) < 4.78 is 10.9. The van der Waals surface area contributed by atoms with Gasteiger partial charge >= 0.3 is 0 Å². The molecule has 1 radical (unpaired) electrons. The van der Waals surface area contributed by atoms with Gasteiger partial charge in [-0.25, -0.2) is 0 Å². The maximum absolute atomic E-state index is 10.7. The summed E-state index contributed by atoms with van der Waals surface area (Å²) in [6.45, 7) is 5.31. The smallest absolute Gasteiger partial charge is 0.237 e. The van der Waals surface area contributed by atoms with Crippen molar-refractivity contribution in [3.63, 3.8) is 0 Å². The number of rotatable bonds is 7. The van der Waals surface area contributed by atoms with Crippen molar-refractivity contribution < 1.29 is 14.3 Å². The Labute approximate surface area is 96.4 Å². The molecule has 16 heavy (non-hydrogen) atoms. The van der Waals surface area contributed by atoms with Crippen molar-refractivity contribution in [2.24, 2.45) is 0 Å². The number of benzene rings is 1. The van der Waals surface area contributed by atoms with E-state index in [-0.39, 0.29) is 0 Å². The molecule has 0 aliphatic heterocycles. The molecule has 0 aliphatic rings. The standard InChI is InChI=1S/C13H17O3/c1-3-7-15-12-6-5-11(10-14)13(9-12)16-8-4-2/h5-6,9H,3-4,7-8H2,1-2H3. The first-order chi connectivity index (χ1) is 7.81. The molecule has 0 aromatic heterocycles. The lowest BCUT2D eigenvalue weighted by Gasteiger charge is -2.10. The maximum Gasteiger partial charge on any atom is 0.237 e. The topological polar surface area (TPSA) is 35.5 Å². The molecule has 0 saturated carbocycles. The lowest BCUT2D eigenvalue weighted by atomic mass is 10.2. The summed E-state index contributed by atoms with van der Waals surface area (Å²) in [7, 11) is 0. The van der Waals surface area contributed by atoms with Crippen molar-refractivity contribution in [1.82, 2.24) is 0 Å². The summed E-state index contributed by atoms with van der Waals surface area (Å²) in [5.74, 6) is 1.28. The molecule has 0 unspecified atom stereocenters. The van der Waals surface area contributed by atoms with E-state index in [1.165, 1.54) is 0 Å². The molecular formula is C13H17O3. The van der Waals surface area contributed by atoms with Crippen molar-refractivity contribution in [2.45, 2.75) is 26.7 Å². The SMILES string of the molecule is CCCOc1ccc([C]=O)c(OCCC)c1. The Morgan fingerprint density at radius 3 is 2.44 bits per heavy atom. The van der Waals surface area contributed by atoms with Crippen LogP contribution in [-0.2, 0) is 4.79 Å². The summed E-state index contributed by atoms with van der Waals surface area (Å²) in [6.07, 6.45) is 3.71. The Morgan fingerprint density at radius 2 is 1.81 bits per heavy atom. The average Bonchev–Trinajstić information content (AvgIpc) is 2.33. The Balaban J connectivity index is 2.78. The van der Waals surface area contributed by atoms with Crippen LogP contribution in [0.1, 0.15) is 32.3 Å². The fourth-order valence-electron chi connectivity index (χ4n) is 1.23. The number of ether oxygens (including phenoxy) is 2. The summed E-state index contributed by atoms with van der Waals surface area (Å²) in [5, 5.41) is 0. The van der Waals surface area contributed by atoms with Gasteiger partial charge in [0.15, 0.2) is 0 Å². The molecule has 0 heterocycles. The van der Waals surface area contributed by atoms with E-state index in [2.05, 4.69) is 0 Å². The van der Waals surface area contributed by atoms with Crippen molar-refractivity contribution in [3.8, 4) is 11.5 Å². The van der Waals surface area contributed by atoms with Gasteiger partial charge in [0.05, 0.1) is 18.8 Å². The van der Waals surface area contributed by atoms with Crippen molar-refractivity contribution in [3.05, 3.63) is 23.8 Å². The van der Waals surface area contributed by atoms with Gasteiger partial charge < -0.3 is 9.47 Å². The van der Waals surface area contributed by atoms with Crippen LogP contribution in [-0.4, -0.2) is 19.5 Å². The zero-order valence-electron chi connectivity index (χ0n) is 9.79. The maximum atomic E-state index is 10.7. The minimum absolute atomic E-state index is 0.442. The predicted molar refractivity (Wildman–Crippen MR) is 62.8 cm³/mol. The van der Waals surface area contributed by atoms with Crippen LogP contribution in [0.5, 0.6) is 11.5 Å². The van der Waals surface area contributed by atoms with Crippen LogP contribution in [0.2, 0.25) is 0 Å². The van der Waals surface area contributed by atoms with Crippen LogP contribution in [0, 0.1) is 0 Å². The highest BCUT2D eigenvalue weighted by Crippen LogP contribution is 2.24. The quantitative estimate of drug-likeness (QED) is 0.710. The number of carbonyl (C=O) groups excluding carboxylic acids is 1. The van der Waals surface area contributed by atoms with Gasteiger partial charge in [0.1, 0.15) is 11.5 Å². The zero-order valence-corrected chi connectivity index (χ0v) is 9.79. The normalized spacial score (nSPS) is 9.88. The molecule has 0 N–H and O–H groups in total. The summed E-state index contributed by atoms with van der Waals surface area (Å²) in [6, 6.07) is 5.17. The second kappa shape index (κ2) is 6.88. The minimum atomic E-state index is 0.442. The van der Waals surface area contributed by atoms with Crippen LogP contribution >= 0.6 is 0 Å². The predicted octanol–water partition coefficient (Wildman–Crippen LogP) is 2.72. The van der Waals surface area contributed by atoms with Crippen LogP contribution in [0.4, 0.5) is 0 Å². The highest BCUT2D eigenvalue weighted by molar-refractivity contribution is 5.80. The van der Waals surface area contributed by atoms with Gasteiger partial charge in [-0.05, 0) is 25.0 Å². The van der Waals surface area contributed by atoms with E-state index in [4.69, 9.17) is 9.47 Å². The van der Waals surface area contributed by atoms with Gasteiger partial charge in [0.2, 0.25) is 6.29 Å². The highest BCUT2D eigenvalue weighted by Gasteiger charge is 2.05. The van der Waals surface area contributed by atoms with Crippen molar-refractivity contribution >= 4 is 6.29 Å². The van der Waals surface area contributed by atoms with Crippen LogP contribution in [0.3, 0.4) is 0 Å².